The molecule has 1 aliphatic carbocycles. The van der Waals surface area contributed by atoms with Crippen molar-refractivity contribution in [1.29, 1.82) is 0 Å². The number of aromatic nitrogens is 2. The number of halogens is 1. The summed E-state index contributed by atoms with van der Waals surface area (Å²) in [7, 11) is 0. The van der Waals surface area contributed by atoms with Gasteiger partial charge in [-0.15, -0.1) is 0 Å². The van der Waals surface area contributed by atoms with Crippen LogP contribution in [-0.2, 0) is 11.2 Å². The Bertz CT molecular complexity index is 693. The highest BCUT2D eigenvalue weighted by atomic mass is 35.5. The van der Waals surface area contributed by atoms with Crippen molar-refractivity contribution in [3.8, 4) is 11.4 Å². The second-order valence-corrected chi connectivity index (χ2v) is 6.69. The molecule has 0 bridgehead atoms. The quantitative estimate of drug-likeness (QED) is 0.837. The Balaban J connectivity index is 1.55. The predicted octanol–water partition coefficient (Wildman–Crippen LogP) is 2.71. The molecule has 2 aromatic rings. The van der Waals surface area contributed by atoms with Gasteiger partial charge in [0.25, 0.3) is 0 Å². The summed E-state index contributed by atoms with van der Waals surface area (Å²) < 4.78 is 5.22. The van der Waals surface area contributed by atoms with Crippen molar-refractivity contribution in [2.24, 2.45) is 5.73 Å². The molecule has 1 amide bonds. The normalized spacial score (nSPS) is 16.2. The highest BCUT2D eigenvalue weighted by Crippen LogP contribution is 2.28. The van der Waals surface area contributed by atoms with E-state index in [4.69, 9.17) is 21.9 Å². The zero-order chi connectivity index (χ0) is 17.0. The van der Waals surface area contributed by atoms with Gasteiger partial charge in [0.05, 0.1) is 5.54 Å². The molecule has 0 radical (unpaired) electrons. The van der Waals surface area contributed by atoms with Crippen LogP contribution in [0.1, 0.15) is 38.0 Å². The van der Waals surface area contributed by atoms with E-state index in [0.29, 0.717) is 36.1 Å². The molecular formula is C17H21ClN4O2. The summed E-state index contributed by atoms with van der Waals surface area (Å²) in [5.74, 6) is 0.924. The molecule has 1 aliphatic rings. The van der Waals surface area contributed by atoms with E-state index in [1.165, 1.54) is 0 Å². The van der Waals surface area contributed by atoms with Gasteiger partial charge in [-0.3, -0.25) is 4.79 Å². The number of benzene rings is 1. The number of hydrogen-bond acceptors (Lipinski definition) is 5. The van der Waals surface area contributed by atoms with Crippen LogP contribution in [-0.4, -0.2) is 28.1 Å². The van der Waals surface area contributed by atoms with Crippen LogP contribution in [0.2, 0.25) is 5.02 Å². The van der Waals surface area contributed by atoms with Crippen molar-refractivity contribution in [2.75, 3.05) is 6.54 Å². The Morgan fingerprint density at radius 3 is 2.67 bits per heavy atom. The SMILES string of the molecule is NCC1(NC(=O)CCc2nc(-c3ccc(Cl)cc3)no2)CCCC1. The molecule has 24 heavy (non-hydrogen) atoms. The summed E-state index contributed by atoms with van der Waals surface area (Å²) in [5, 5.41) is 7.69. The molecule has 3 rings (SSSR count). The minimum absolute atomic E-state index is 0.0198. The molecule has 1 fully saturated rings. The number of aryl methyl sites for hydroxylation is 1. The van der Waals surface area contributed by atoms with Gasteiger partial charge in [-0.05, 0) is 37.1 Å². The number of nitrogens with two attached hydrogens (primary N) is 1. The number of rotatable bonds is 6. The number of amides is 1. The Morgan fingerprint density at radius 2 is 2.00 bits per heavy atom. The van der Waals surface area contributed by atoms with Crippen LogP contribution in [0, 0.1) is 0 Å². The van der Waals surface area contributed by atoms with Gasteiger partial charge >= 0.3 is 0 Å². The fraction of sp³-hybridized carbons (Fsp3) is 0.471. The van der Waals surface area contributed by atoms with Gasteiger partial charge in [0.15, 0.2) is 0 Å². The van der Waals surface area contributed by atoms with Crippen molar-refractivity contribution in [2.45, 2.75) is 44.1 Å². The third-order valence-electron chi connectivity index (χ3n) is 4.49. The first-order chi connectivity index (χ1) is 11.6. The van der Waals surface area contributed by atoms with E-state index >= 15 is 0 Å². The van der Waals surface area contributed by atoms with Gasteiger partial charge in [-0.1, -0.05) is 29.6 Å². The Labute approximate surface area is 145 Å². The van der Waals surface area contributed by atoms with E-state index in [0.717, 1.165) is 31.2 Å². The number of nitrogens with one attached hydrogen (secondary N) is 1. The van der Waals surface area contributed by atoms with E-state index in [2.05, 4.69) is 15.5 Å². The lowest BCUT2D eigenvalue weighted by Gasteiger charge is -2.28. The van der Waals surface area contributed by atoms with Gasteiger partial charge in [-0.2, -0.15) is 4.98 Å². The molecule has 0 atom stereocenters. The number of hydrogen-bond donors (Lipinski definition) is 2. The van der Waals surface area contributed by atoms with E-state index in [9.17, 15) is 4.79 Å². The molecule has 3 N–H and O–H groups in total. The van der Waals surface area contributed by atoms with Crippen molar-refractivity contribution in [3.05, 3.63) is 35.2 Å². The summed E-state index contributed by atoms with van der Waals surface area (Å²) in [5.41, 5.74) is 6.44. The third kappa shape index (κ3) is 3.94. The van der Waals surface area contributed by atoms with Crippen LogP contribution in [0.3, 0.4) is 0 Å². The first-order valence-corrected chi connectivity index (χ1v) is 8.58. The zero-order valence-electron chi connectivity index (χ0n) is 13.4. The van der Waals surface area contributed by atoms with Gasteiger partial charge in [0, 0.05) is 30.0 Å². The van der Waals surface area contributed by atoms with Gasteiger partial charge in [0.1, 0.15) is 0 Å². The van der Waals surface area contributed by atoms with Crippen LogP contribution >= 0.6 is 11.6 Å². The Kier molecular flexibility index (Phi) is 5.16. The van der Waals surface area contributed by atoms with Crippen molar-refractivity contribution < 1.29 is 9.32 Å². The lowest BCUT2D eigenvalue weighted by atomic mass is 9.97. The number of nitrogens with zero attached hydrogens (tertiary/aromatic N) is 2. The predicted molar refractivity (Wildman–Crippen MR) is 91.5 cm³/mol. The summed E-state index contributed by atoms with van der Waals surface area (Å²) in [6.45, 7) is 0.486. The van der Waals surface area contributed by atoms with Crippen molar-refractivity contribution in [1.82, 2.24) is 15.5 Å². The van der Waals surface area contributed by atoms with E-state index in [-0.39, 0.29) is 11.4 Å². The van der Waals surface area contributed by atoms with Crippen LogP contribution < -0.4 is 11.1 Å². The minimum atomic E-state index is -0.222. The summed E-state index contributed by atoms with van der Waals surface area (Å²) in [4.78, 5) is 16.5. The molecule has 1 aromatic carbocycles. The summed E-state index contributed by atoms with van der Waals surface area (Å²) >= 11 is 5.86. The second kappa shape index (κ2) is 7.32. The van der Waals surface area contributed by atoms with Crippen LogP contribution in [0.15, 0.2) is 28.8 Å². The monoisotopic (exact) mass is 348 g/mol. The third-order valence-corrected chi connectivity index (χ3v) is 4.74. The number of carbonyl (C=O) groups is 1. The highest BCUT2D eigenvalue weighted by Gasteiger charge is 2.33. The molecule has 0 aliphatic heterocycles. The molecular weight excluding hydrogens is 328 g/mol. The van der Waals surface area contributed by atoms with Gasteiger partial charge in [-0.25, -0.2) is 0 Å². The lowest BCUT2D eigenvalue weighted by Crippen LogP contribution is -2.51. The zero-order valence-corrected chi connectivity index (χ0v) is 14.2. The topological polar surface area (TPSA) is 94.0 Å². The molecule has 6 nitrogen and oxygen atoms in total. The van der Waals surface area contributed by atoms with E-state index < -0.39 is 0 Å². The summed E-state index contributed by atoms with van der Waals surface area (Å²) in [6, 6.07) is 7.20. The maximum Gasteiger partial charge on any atom is 0.227 e. The average molecular weight is 349 g/mol. The molecule has 0 spiro atoms. The van der Waals surface area contributed by atoms with Gasteiger partial charge < -0.3 is 15.6 Å². The maximum atomic E-state index is 12.2. The molecule has 1 saturated carbocycles. The molecule has 0 saturated heterocycles. The van der Waals surface area contributed by atoms with Gasteiger partial charge in [0.2, 0.25) is 17.6 Å². The standard InChI is InChI=1S/C17H21ClN4O2/c18-13-5-3-12(4-6-13)16-20-15(24-22-16)8-7-14(23)21-17(11-19)9-1-2-10-17/h3-6H,1-2,7-11,19H2,(H,21,23). The van der Waals surface area contributed by atoms with Crippen molar-refractivity contribution in [3.63, 3.8) is 0 Å². The number of carbonyl (C=O) groups excluding carboxylic acids is 1. The van der Waals surface area contributed by atoms with E-state index in [1.54, 1.807) is 12.1 Å². The average Bonchev–Trinajstić information content (AvgIpc) is 3.24. The minimum Gasteiger partial charge on any atom is -0.349 e. The highest BCUT2D eigenvalue weighted by molar-refractivity contribution is 6.30. The Hall–Kier alpha value is -1.92. The van der Waals surface area contributed by atoms with Crippen LogP contribution in [0.25, 0.3) is 11.4 Å². The molecule has 7 heteroatoms. The van der Waals surface area contributed by atoms with Crippen LogP contribution in [0.4, 0.5) is 0 Å². The fourth-order valence-electron chi connectivity index (χ4n) is 3.08. The molecule has 1 heterocycles. The smallest absolute Gasteiger partial charge is 0.227 e. The largest absolute Gasteiger partial charge is 0.349 e. The lowest BCUT2D eigenvalue weighted by molar-refractivity contribution is -0.123. The van der Waals surface area contributed by atoms with E-state index in [1.807, 2.05) is 12.1 Å². The van der Waals surface area contributed by atoms with Crippen molar-refractivity contribution >= 4 is 17.5 Å². The second-order valence-electron chi connectivity index (χ2n) is 6.26. The molecule has 128 valence electrons. The maximum absolute atomic E-state index is 12.2. The summed E-state index contributed by atoms with van der Waals surface area (Å²) in [6.07, 6.45) is 4.86. The first-order valence-electron chi connectivity index (χ1n) is 8.20. The molecule has 0 unspecified atom stereocenters. The fourth-order valence-corrected chi connectivity index (χ4v) is 3.21. The molecule has 1 aromatic heterocycles. The first kappa shape index (κ1) is 16.9. The van der Waals surface area contributed by atoms with Crippen LogP contribution in [0.5, 0.6) is 0 Å². The Morgan fingerprint density at radius 1 is 1.29 bits per heavy atom.